The predicted molar refractivity (Wildman–Crippen MR) is 110 cm³/mol. The Morgan fingerprint density at radius 3 is 2.85 bits per heavy atom. The number of aryl methyl sites for hydroxylation is 2. The van der Waals surface area contributed by atoms with Crippen LogP contribution in [0, 0.1) is 0 Å². The van der Waals surface area contributed by atoms with Gasteiger partial charge < -0.3 is 9.47 Å². The molecular formula is C19H27N3O3S2. The number of ether oxygens (including phenoxy) is 2. The molecule has 27 heavy (non-hydrogen) atoms. The molecule has 1 aliphatic heterocycles. The Kier molecular flexibility index (Phi) is 6.50. The molecule has 1 saturated heterocycles. The molecular weight excluding hydrogens is 382 g/mol. The second kappa shape index (κ2) is 9.05. The summed E-state index contributed by atoms with van der Waals surface area (Å²) in [6.07, 6.45) is 4.50. The maximum absolute atomic E-state index is 13.3. The third-order valence-electron chi connectivity index (χ3n) is 5.30. The third-order valence-corrected chi connectivity index (χ3v) is 7.44. The summed E-state index contributed by atoms with van der Waals surface area (Å²) < 4.78 is 12.5. The number of rotatable bonds is 7. The lowest BCUT2D eigenvalue weighted by Crippen LogP contribution is -2.37. The van der Waals surface area contributed by atoms with Gasteiger partial charge in [0.05, 0.1) is 31.8 Å². The first-order valence-corrected chi connectivity index (χ1v) is 11.5. The summed E-state index contributed by atoms with van der Waals surface area (Å²) in [4.78, 5) is 22.9. The van der Waals surface area contributed by atoms with Crippen LogP contribution in [0.5, 0.6) is 0 Å². The number of morpholine rings is 1. The van der Waals surface area contributed by atoms with E-state index in [2.05, 4.69) is 4.90 Å². The highest BCUT2D eigenvalue weighted by atomic mass is 32.2. The van der Waals surface area contributed by atoms with Gasteiger partial charge in [0.2, 0.25) is 0 Å². The van der Waals surface area contributed by atoms with E-state index in [1.54, 1.807) is 30.2 Å². The van der Waals surface area contributed by atoms with E-state index in [-0.39, 0.29) is 5.56 Å². The summed E-state index contributed by atoms with van der Waals surface area (Å²) in [6.45, 7) is 5.68. The van der Waals surface area contributed by atoms with Crippen molar-refractivity contribution in [2.75, 3.05) is 52.3 Å². The fourth-order valence-corrected chi connectivity index (χ4v) is 6.13. The number of thiophene rings is 1. The van der Waals surface area contributed by atoms with Crippen molar-refractivity contribution in [1.29, 1.82) is 0 Å². The molecule has 0 unspecified atom stereocenters. The number of nitrogens with zero attached hydrogens (tertiary/aromatic N) is 3. The molecule has 0 saturated carbocycles. The molecule has 2 aromatic heterocycles. The fourth-order valence-electron chi connectivity index (χ4n) is 3.80. The standard InChI is InChI=1S/C19H27N3O3S2/c1-24-10-8-22-18(23)16-14-4-2-3-5-15(14)27-17(16)20-19(22)26-13-9-21-6-11-25-12-7-21/h2-13H2,1H3. The first kappa shape index (κ1) is 19.4. The van der Waals surface area contributed by atoms with Crippen LogP contribution in [0.3, 0.4) is 0 Å². The van der Waals surface area contributed by atoms with Gasteiger partial charge in [-0.3, -0.25) is 14.3 Å². The minimum Gasteiger partial charge on any atom is -0.383 e. The zero-order chi connectivity index (χ0) is 18.6. The minimum absolute atomic E-state index is 0.116. The van der Waals surface area contributed by atoms with Crippen molar-refractivity contribution in [2.45, 2.75) is 37.4 Å². The highest BCUT2D eigenvalue weighted by Gasteiger charge is 2.22. The zero-order valence-corrected chi connectivity index (χ0v) is 17.5. The molecule has 0 amide bonds. The highest BCUT2D eigenvalue weighted by Crippen LogP contribution is 2.34. The Morgan fingerprint density at radius 1 is 1.22 bits per heavy atom. The van der Waals surface area contributed by atoms with Gasteiger partial charge in [0.25, 0.3) is 5.56 Å². The zero-order valence-electron chi connectivity index (χ0n) is 15.9. The number of methoxy groups -OCH3 is 1. The Morgan fingerprint density at radius 2 is 2.04 bits per heavy atom. The van der Waals surface area contributed by atoms with Gasteiger partial charge in [-0.2, -0.15) is 0 Å². The molecule has 1 aliphatic carbocycles. The summed E-state index contributed by atoms with van der Waals surface area (Å²) in [6, 6.07) is 0. The van der Waals surface area contributed by atoms with E-state index < -0.39 is 0 Å². The quantitative estimate of drug-likeness (QED) is 0.517. The fraction of sp³-hybridized carbons (Fsp3) is 0.684. The van der Waals surface area contributed by atoms with Crippen molar-refractivity contribution in [1.82, 2.24) is 14.5 Å². The van der Waals surface area contributed by atoms with E-state index in [0.717, 1.165) is 66.8 Å². The van der Waals surface area contributed by atoms with E-state index in [1.165, 1.54) is 23.3 Å². The number of fused-ring (bicyclic) bond motifs is 3. The molecule has 0 radical (unpaired) electrons. The van der Waals surface area contributed by atoms with Crippen LogP contribution in [0.25, 0.3) is 10.2 Å². The number of aromatic nitrogens is 2. The normalized spacial score (nSPS) is 18.1. The van der Waals surface area contributed by atoms with Gasteiger partial charge in [0, 0.05) is 37.4 Å². The summed E-state index contributed by atoms with van der Waals surface area (Å²) in [5.74, 6) is 0.927. The lowest BCUT2D eigenvalue weighted by Gasteiger charge is -2.26. The molecule has 4 rings (SSSR count). The van der Waals surface area contributed by atoms with E-state index >= 15 is 0 Å². The molecule has 3 heterocycles. The lowest BCUT2D eigenvalue weighted by atomic mass is 9.97. The van der Waals surface area contributed by atoms with Gasteiger partial charge >= 0.3 is 0 Å². The van der Waals surface area contributed by atoms with Crippen molar-refractivity contribution < 1.29 is 9.47 Å². The summed E-state index contributed by atoms with van der Waals surface area (Å²) in [5.41, 5.74) is 1.38. The maximum Gasteiger partial charge on any atom is 0.263 e. The maximum atomic E-state index is 13.3. The van der Waals surface area contributed by atoms with Crippen LogP contribution in [-0.2, 0) is 28.9 Å². The van der Waals surface area contributed by atoms with Gasteiger partial charge in [-0.05, 0) is 31.2 Å². The Bertz CT molecular complexity index is 843. The number of hydrogen-bond donors (Lipinski definition) is 0. The van der Waals surface area contributed by atoms with Crippen LogP contribution in [0.2, 0.25) is 0 Å². The number of hydrogen-bond acceptors (Lipinski definition) is 7. The smallest absolute Gasteiger partial charge is 0.263 e. The minimum atomic E-state index is 0.116. The van der Waals surface area contributed by atoms with Crippen LogP contribution in [-0.4, -0.2) is 66.8 Å². The molecule has 1 fully saturated rings. The second-order valence-electron chi connectivity index (χ2n) is 7.04. The van der Waals surface area contributed by atoms with Crippen LogP contribution in [0.1, 0.15) is 23.3 Å². The van der Waals surface area contributed by atoms with E-state index in [4.69, 9.17) is 14.5 Å². The molecule has 0 atom stereocenters. The summed E-state index contributed by atoms with van der Waals surface area (Å²) >= 11 is 3.41. The van der Waals surface area contributed by atoms with Gasteiger partial charge in [-0.15, -0.1) is 11.3 Å². The van der Waals surface area contributed by atoms with Gasteiger partial charge in [-0.1, -0.05) is 11.8 Å². The average molecular weight is 410 g/mol. The predicted octanol–water partition coefficient (Wildman–Crippen LogP) is 2.41. The largest absolute Gasteiger partial charge is 0.383 e. The molecule has 2 aliphatic rings. The van der Waals surface area contributed by atoms with Gasteiger partial charge in [0.1, 0.15) is 4.83 Å². The van der Waals surface area contributed by atoms with E-state index in [0.29, 0.717) is 13.2 Å². The van der Waals surface area contributed by atoms with Crippen LogP contribution >= 0.6 is 23.1 Å². The van der Waals surface area contributed by atoms with Gasteiger partial charge in [0.15, 0.2) is 5.16 Å². The Balaban J connectivity index is 1.60. The SMILES string of the molecule is COCCn1c(SCCN2CCOCC2)nc2sc3c(c2c1=O)CCCC3. The molecule has 6 nitrogen and oxygen atoms in total. The topological polar surface area (TPSA) is 56.6 Å². The van der Waals surface area contributed by atoms with Crippen molar-refractivity contribution >= 4 is 33.3 Å². The molecule has 148 valence electrons. The van der Waals surface area contributed by atoms with Crippen molar-refractivity contribution in [3.8, 4) is 0 Å². The Labute approximate surface area is 167 Å². The van der Waals surface area contributed by atoms with Crippen LogP contribution < -0.4 is 5.56 Å². The lowest BCUT2D eigenvalue weighted by molar-refractivity contribution is 0.0410. The summed E-state index contributed by atoms with van der Waals surface area (Å²) in [7, 11) is 1.68. The first-order chi connectivity index (χ1) is 13.3. The molecule has 0 bridgehead atoms. The molecule has 0 spiro atoms. The molecule has 0 N–H and O–H groups in total. The molecule has 8 heteroatoms. The molecule has 0 aromatic carbocycles. The first-order valence-electron chi connectivity index (χ1n) is 9.75. The Hall–Kier alpha value is -0.930. The van der Waals surface area contributed by atoms with Crippen molar-refractivity contribution in [2.24, 2.45) is 0 Å². The highest BCUT2D eigenvalue weighted by molar-refractivity contribution is 7.99. The van der Waals surface area contributed by atoms with E-state index in [9.17, 15) is 4.79 Å². The van der Waals surface area contributed by atoms with Gasteiger partial charge in [-0.25, -0.2) is 4.98 Å². The van der Waals surface area contributed by atoms with E-state index in [1.807, 2.05) is 4.57 Å². The average Bonchev–Trinajstić information content (AvgIpc) is 3.07. The second-order valence-corrected chi connectivity index (χ2v) is 9.18. The van der Waals surface area contributed by atoms with Crippen molar-refractivity contribution in [3.05, 3.63) is 20.8 Å². The third kappa shape index (κ3) is 4.24. The number of thioether (sulfide) groups is 1. The van der Waals surface area contributed by atoms with Crippen molar-refractivity contribution in [3.63, 3.8) is 0 Å². The molecule has 2 aromatic rings. The van der Waals surface area contributed by atoms with Crippen LogP contribution in [0.4, 0.5) is 0 Å². The monoisotopic (exact) mass is 409 g/mol. The van der Waals surface area contributed by atoms with Crippen LogP contribution in [0.15, 0.2) is 9.95 Å². The summed E-state index contributed by atoms with van der Waals surface area (Å²) in [5, 5.41) is 1.69.